The third-order valence-electron chi connectivity index (χ3n) is 6.29. The molecular weight excluding hydrogens is 300 g/mol. The van der Waals surface area contributed by atoms with Crippen LogP contribution < -0.4 is 0 Å². The van der Waals surface area contributed by atoms with Crippen LogP contribution in [-0.2, 0) is 30.5 Å². The van der Waals surface area contributed by atoms with E-state index in [9.17, 15) is 4.79 Å². The maximum atomic E-state index is 13.1. The van der Waals surface area contributed by atoms with Crippen LogP contribution in [0.1, 0.15) is 72.2 Å². The number of carbonyl (C=O) groups excluding carboxylic acids is 1. The summed E-state index contributed by atoms with van der Waals surface area (Å²) >= 11 is 2.12. The van der Waals surface area contributed by atoms with Crippen LogP contribution >= 0.6 is 11.3 Å². The first-order valence-electron chi connectivity index (χ1n) is 9.44. The van der Waals surface area contributed by atoms with Crippen molar-refractivity contribution in [3.63, 3.8) is 0 Å². The number of thiophene rings is 1. The van der Waals surface area contributed by atoms with E-state index >= 15 is 0 Å². The zero-order valence-electron chi connectivity index (χ0n) is 13.8. The fraction of sp³-hybridized carbons (Fsp3) is 0.571. The summed E-state index contributed by atoms with van der Waals surface area (Å²) in [7, 11) is 0. The molecule has 2 heteroatoms. The Balaban J connectivity index is 1.75. The molecule has 5 rings (SSSR count). The lowest BCUT2D eigenvalue weighted by Crippen LogP contribution is -2.05. The Morgan fingerprint density at radius 1 is 0.522 bits per heavy atom. The average Bonchev–Trinajstić information content (AvgIpc) is 3.02. The van der Waals surface area contributed by atoms with Crippen molar-refractivity contribution in [2.24, 2.45) is 0 Å². The van der Waals surface area contributed by atoms with Crippen molar-refractivity contribution < 1.29 is 4.79 Å². The number of allylic oxidation sites excluding steroid dienone is 4. The smallest absolute Gasteiger partial charge is 0.185 e. The highest BCUT2D eigenvalue weighted by molar-refractivity contribution is 7.12. The van der Waals surface area contributed by atoms with Gasteiger partial charge in [0.1, 0.15) is 0 Å². The van der Waals surface area contributed by atoms with E-state index < -0.39 is 0 Å². The van der Waals surface area contributed by atoms with E-state index in [-0.39, 0.29) is 0 Å². The van der Waals surface area contributed by atoms with Crippen LogP contribution in [0.3, 0.4) is 0 Å². The zero-order chi connectivity index (χ0) is 15.4. The number of Topliss-reactive ketones (excluding diaryl/α,β-unsaturated/α-hetero) is 1. The van der Waals surface area contributed by atoms with Gasteiger partial charge in [0.2, 0.25) is 0 Å². The van der Waals surface area contributed by atoms with Crippen LogP contribution in [-0.4, -0.2) is 5.78 Å². The molecule has 4 bridgehead atoms. The molecule has 0 aromatic carbocycles. The Bertz CT molecular complexity index is 699. The standard InChI is InChI=1S/C21H24OS/c22-21-17-9-3-11-19-15-7-1-5-13(17)14-6-2-8-16(15)20(23-19)12-4-10-18(14)21/h1-12H2. The molecule has 0 fully saturated rings. The lowest BCUT2D eigenvalue weighted by molar-refractivity contribution is -0.112. The quantitative estimate of drug-likeness (QED) is 0.636. The van der Waals surface area contributed by atoms with Gasteiger partial charge in [0, 0.05) is 20.9 Å². The van der Waals surface area contributed by atoms with Crippen molar-refractivity contribution in [3.8, 4) is 0 Å². The van der Waals surface area contributed by atoms with E-state index in [1.54, 1.807) is 20.9 Å². The number of rotatable bonds is 0. The first-order valence-corrected chi connectivity index (χ1v) is 10.3. The Morgan fingerprint density at radius 2 is 0.957 bits per heavy atom. The summed E-state index contributed by atoms with van der Waals surface area (Å²) in [5, 5.41) is 0. The van der Waals surface area contributed by atoms with Crippen LogP contribution in [0.4, 0.5) is 0 Å². The molecule has 0 unspecified atom stereocenters. The van der Waals surface area contributed by atoms with Gasteiger partial charge in [-0.05, 0) is 99.3 Å². The molecule has 1 heterocycles. The van der Waals surface area contributed by atoms with E-state index in [4.69, 9.17) is 0 Å². The van der Waals surface area contributed by atoms with Gasteiger partial charge in [-0.2, -0.15) is 0 Å². The second kappa shape index (κ2) is 5.44. The van der Waals surface area contributed by atoms with Gasteiger partial charge in [-0.3, -0.25) is 4.79 Å². The first-order chi connectivity index (χ1) is 11.3. The van der Waals surface area contributed by atoms with Crippen molar-refractivity contribution in [1.29, 1.82) is 0 Å². The highest BCUT2D eigenvalue weighted by atomic mass is 32.1. The monoisotopic (exact) mass is 324 g/mol. The molecule has 0 spiro atoms. The Labute approximate surface area is 142 Å². The van der Waals surface area contributed by atoms with E-state index in [1.807, 2.05) is 0 Å². The van der Waals surface area contributed by atoms with Gasteiger partial charge in [0.05, 0.1) is 0 Å². The summed E-state index contributed by atoms with van der Waals surface area (Å²) in [6.45, 7) is 0. The van der Waals surface area contributed by atoms with E-state index in [0.717, 1.165) is 38.5 Å². The number of carbonyl (C=O) groups is 1. The van der Waals surface area contributed by atoms with E-state index in [1.165, 1.54) is 60.8 Å². The predicted octanol–water partition coefficient (Wildman–Crippen LogP) is 5.26. The average molecular weight is 324 g/mol. The summed E-state index contributed by atoms with van der Waals surface area (Å²) in [5.41, 5.74) is 8.88. The second-order valence-corrected chi connectivity index (χ2v) is 8.75. The summed E-state index contributed by atoms with van der Waals surface area (Å²) in [5.74, 6) is 0.445. The van der Waals surface area contributed by atoms with Gasteiger partial charge in [0.15, 0.2) is 5.78 Å². The first kappa shape index (κ1) is 14.2. The third-order valence-corrected chi connectivity index (χ3v) is 7.69. The van der Waals surface area contributed by atoms with Crippen molar-refractivity contribution in [1.82, 2.24) is 0 Å². The fourth-order valence-corrected chi connectivity index (χ4v) is 6.77. The molecular formula is C21H24OS. The van der Waals surface area contributed by atoms with Crippen LogP contribution in [0.2, 0.25) is 0 Å². The minimum absolute atomic E-state index is 0.445. The zero-order valence-corrected chi connectivity index (χ0v) is 14.6. The molecule has 0 radical (unpaired) electrons. The molecule has 0 saturated carbocycles. The lowest BCUT2D eigenvalue weighted by atomic mass is 9.85. The molecule has 0 saturated heterocycles. The van der Waals surface area contributed by atoms with E-state index in [0.29, 0.717) is 5.78 Å². The van der Waals surface area contributed by atoms with Crippen molar-refractivity contribution >= 4 is 17.1 Å². The molecule has 0 amide bonds. The largest absolute Gasteiger partial charge is 0.289 e. The number of ketones is 1. The van der Waals surface area contributed by atoms with Crippen molar-refractivity contribution in [2.75, 3.05) is 0 Å². The molecule has 4 aliphatic carbocycles. The number of hydrogen-bond donors (Lipinski definition) is 0. The normalized spacial score (nSPS) is 23.9. The SMILES string of the molecule is O=C1C2=C3CCCc4c(sc5c4CCCC3=C1CCC5)CCC2. The van der Waals surface area contributed by atoms with Gasteiger partial charge in [0.25, 0.3) is 0 Å². The van der Waals surface area contributed by atoms with Crippen LogP contribution in [0.15, 0.2) is 22.3 Å². The molecule has 4 aliphatic rings. The highest BCUT2D eigenvalue weighted by Crippen LogP contribution is 2.44. The summed E-state index contributed by atoms with van der Waals surface area (Å²) < 4.78 is 0. The van der Waals surface area contributed by atoms with Crippen LogP contribution in [0, 0.1) is 0 Å². The van der Waals surface area contributed by atoms with Gasteiger partial charge in [-0.15, -0.1) is 11.3 Å². The van der Waals surface area contributed by atoms with E-state index in [2.05, 4.69) is 11.3 Å². The molecule has 120 valence electrons. The maximum absolute atomic E-state index is 13.1. The molecule has 1 nitrogen and oxygen atoms in total. The predicted molar refractivity (Wildman–Crippen MR) is 95.1 cm³/mol. The molecule has 1 aromatic heterocycles. The van der Waals surface area contributed by atoms with Crippen LogP contribution in [0.25, 0.3) is 0 Å². The molecule has 0 N–H and O–H groups in total. The summed E-state index contributed by atoms with van der Waals surface area (Å²) in [6, 6.07) is 0. The number of fused-ring (bicyclic) bond motifs is 4. The number of hydrogen-bond acceptors (Lipinski definition) is 2. The Kier molecular flexibility index (Phi) is 3.36. The van der Waals surface area contributed by atoms with Gasteiger partial charge in [-0.1, -0.05) is 0 Å². The number of aryl methyl sites for hydroxylation is 2. The Hall–Kier alpha value is -1.15. The maximum Gasteiger partial charge on any atom is 0.185 e. The van der Waals surface area contributed by atoms with Gasteiger partial charge < -0.3 is 0 Å². The Morgan fingerprint density at radius 3 is 1.48 bits per heavy atom. The minimum atomic E-state index is 0.445. The highest BCUT2D eigenvalue weighted by Gasteiger charge is 2.33. The fourth-order valence-electron chi connectivity index (χ4n) is 5.28. The summed E-state index contributed by atoms with van der Waals surface area (Å²) in [4.78, 5) is 16.4. The van der Waals surface area contributed by atoms with Crippen LogP contribution in [0.5, 0.6) is 0 Å². The van der Waals surface area contributed by atoms with Gasteiger partial charge >= 0.3 is 0 Å². The minimum Gasteiger partial charge on any atom is -0.289 e. The third kappa shape index (κ3) is 2.14. The second-order valence-electron chi connectivity index (χ2n) is 7.56. The lowest BCUT2D eigenvalue weighted by Gasteiger charge is -2.18. The molecule has 23 heavy (non-hydrogen) atoms. The molecule has 0 atom stereocenters. The van der Waals surface area contributed by atoms with Gasteiger partial charge in [-0.25, -0.2) is 0 Å². The van der Waals surface area contributed by atoms with Crippen molar-refractivity contribution in [2.45, 2.75) is 77.0 Å². The topological polar surface area (TPSA) is 17.1 Å². The summed E-state index contributed by atoms with van der Waals surface area (Å²) in [6.07, 6.45) is 14.0. The molecule has 0 aliphatic heterocycles. The van der Waals surface area contributed by atoms with Crippen molar-refractivity contribution in [3.05, 3.63) is 43.2 Å². The molecule has 1 aromatic rings.